The van der Waals surface area contributed by atoms with Gasteiger partial charge in [0.15, 0.2) is 7.77 Å². The number of carbonyl (C=O) groups excluding carboxylic acids is 1. The van der Waals surface area contributed by atoms with Gasteiger partial charge in [0.1, 0.15) is 17.4 Å². The molecule has 7 heteroatoms. The van der Waals surface area contributed by atoms with Crippen LogP contribution in [0.3, 0.4) is 0 Å². The first-order valence-electron chi connectivity index (χ1n) is 6.70. The lowest BCUT2D eigenvalue weighted by molar-refractivity contribution is -0.152. The predicted octanol–water partition coefficient (Wildman–Crippen LogP) is 1.48. The SMILES string of the molecule is CC(C)(C)OC(=O)[P+]([O-])=Cc1ccc(CC(N)C(=O)O)cc1. The average Bonchev–Trinajstić information content (AvgIpc) is 2.38. The molecule has 2 unspecified atom stereocenters. The van der Waals surface area contributed by atoms with Crippen molar-refractivity contribution in [3.8, 4) is 0 Å². The molecule has 22 heavy (non-hydrogen) atoms. The van der Waals surface area contributed by atoms with Crippen molar-refractivity contribution < 1.29 is 24.3 Å². The van der Waals surface area contributed by atoms with E-state index in [4.69, 9.17) is 15.6 Å². The summed E-state index contributed by atoms with van der Waals surface area (Å²) in [6, 6.07) is 5.72. The average molecular weight is 325 g/mol. The van der Waals surface area contributed by atoms with Gasteiger partial charge < -0.3 is 20.5 Å². The van der Waals surface area contributed by atoms with E-state index in [1.807, 2.05) is 0 Å². The Kier molecular flexibility index (Phi) is 6.23. The minimum absolute atomic E-state index is 0.202. The molecule has 0 saturated heterocycles. The molecule has 0 fully saturated rings. The first kappa shape index (κ1) is 18.3. The van der Waals surface area contributed by atoms with Gasteiger partial charge in [0.05, 0.1) is 0 Å². The van der Waals surface area contributed by atoms with Gasteiger partial charge in [0, 0.05) is 5.56 Å². The lowest BCUT2D eigenvalue weighted by Gasteiger charge is -2.16. The fourth-order valence-electron chi connectivity index (χ4n) is 1.58. The van der Waals surface area contributed by atoms with Crippen molar-refractivity contribution in [2.75, 3.05) is 0 Å². The van der Waals surface area contributed by atoms with Gasteiger partial charge in [-0.15, -0.1) is 0 Å². The Hall–Kier alpha value is -1.75. The van der Waals surface area contributed by atoms with Crippen LogP contribution < -0.4 is 10.6 Å². The first-order valence-corrected chi connectivity index (χ1v) is 8.03. The van der Waals surface area contributed by atoms with Crippen molar-refractivity contribution in [3.05, 3.63) is 35.4 Å². The van der Waals surface area contributed by atoms with E-state index in [9.17, 15) is 14.5 Å². The quantitative estimate of drug-likeness (QED) is 0.793. The molecule has 1 rings (SSSR count). The molecule has 0 bridgehead atoms. The second kappa shape index (κ2) is 7.49. The van der Waals surface area contributed by atoms with Crippen molar-refractivity contribution in [1.29, 1.82) is 0 Å². The molecular weight excluding hydrogens is 305 g/mol. The van der Waals surface area contributed by atoms with E-state index in [0.29, 0.717) is 5.56 Å². The van der Waals surface area contributed by atoms with Crippen LogP contribution in [0, 0.1) is 0 Å². The van der Waals surface area contributed by atoms with E-state index >= 15 is 0 Å². The molecule has 0 amide bonds. The highest BCUT2D eigenvalue weighted by atomic mass is 31.1. The van der Waals surface area contributed by atoms with Crippen LogP contribution >= 0.6 is 7.77 Å². The summed E-state index contributed by atoms with van der Waals surface area (Å²) < 4.78 is 5.04. The molecule has 0 saturated carbocycles. The highest BCUT2D eigenvalue weighted by Crippen LogP contribution is 2.21. The molecule has 0 aliphatic heterocycles. The van der Waals surface area contributed by atoms with Gasteiger partial charge in [0.2, 0.25) is 0 Å². The standard InChI is InChI=1S/C15H20NO5P/c1-15(2,3)21-14(19)22(20)9-11-6-4-10(5-7-11)8-12(16)13(17)18/h4-7,9,12H,8,16H2,1-3H3,(H,17,18). The molecule has 0 heterocycles. The number of carbonyl (C=O) groups is 2. The van der Waals surface area contributed by atoms with Gasteiger partial charge in [-0.1, -0.05) is 24.3 Å². The predicted molar refractivity (Wildman–Crippen MR) is 84.1 cm³/mol. The topological polar surface area (TPSA) is 113 Å². The molecule has 1 aromatic rings. The zero-order valence-corrected chi connectivity index (χ0v) is 13.7. The zero-order chi connectivity index (χ0) is 16.9. The summed E-state index contributed by atoms with van der Waals surface area (Å²) >= 11 is 0. The smallest absolute Gasteiger partial charge is 0.507 e. The van der Waals surface area contributed by atoms with Crippen molar-refractivity contribution >= 4 is 25.2 Å². The van der Waals surface area contributed by atoms with Gasteiger partial charge in [-0.05, 0) is 32.8 Å². The Bertz CT molecular complexity index is 575. The number of hydrogen-bond donors (Lipinski definition) is 2. The lowest BCUT2D eigenvalue weighted by Crippen LogP contribution is -2.32. The number of aliphatic carboxylic acids is 1. The van der Waals surface area contributed by atoms with Crippen molar-refractivity contribution in [1.82, 2.24) is 0 Å². The van der Waals surface area contributed by atoms with Crippen LogP contribution in [-0.2, 0) is 16.0 Å². The van der Waals surface area contributed by atoms with Crippen molar-refractivity contribution in [2.45, 2.75) is 38.8 Å². The third-order valence-electron chi connectivity index (χ3n) is 2.59. The maximum atomic E-state index is 11.9. The Morgan fingerprint density at radius 1 is 1.36 bits per heavy atom. The fraction of sp³-hybridized carbons (Fsp3) is 0.400. The zero-order valence-electron chi connectivity index (χ0n) is 12.8. The minimum Gasteiger partial charge on any atom is -0.621 e. The molecule has 0 aromatic heterocycles. The molecule has 0 aliphatic carbocycles. The third-order valence-corrected chi connectivity index (χ3v) is 3.58. The Balaban J connectivity index is 2.76. The maximum Gasteiger partial charge on any atom is 0.507 e. The molecular formula is C15H20NO5P. The maximum absolute atomic E-state index is 11.9. The van der Waals surface area contributed by atoms with Crippen LogP contribution in [0.4, 0.5) is 4.79 Å². The summed E-state index contributed by atoms with van der Waals surface area (Å²) in [6.45, 7) is 5.11. The number of benzene rings is 1. The number of carboxylic acids is 1. The highest BCUT2D eigenvalue weighted by Gasteiger charge is 2.22. The second-order valence-electron chi connectivity index (χ2n) is 5.83. The number of carboxylic acid groups (broad SMARTS) is 1. The van der Waals surface area contributed by atoms with E-state index in [-0.39, 0.29) is 6.42 Å². The van der Waals surface area contributed by atoms with Crippen LogP contribution in [0.2, 0.25) is 0 Å². The monoisotopic (exact) mass is 325 g/mol. The lowest BCUT2D eigenvalue weighted by atomic mass is 10.1. The summed E-state index contributed by atoms with van der Waals surface area (Å²) in [7, 11) is -2.27. The largest absolute Gasteiger partial charge is 0.621 e. The Labute approximate surface area is 130 Å². The normalized spacial score (nSPS) is 13.6. The molecule has 1 aromatic carbocycles. The van der Waals surface area contributed by atoms with Crippen LogP contribution in [0.5, 0.6) is 0 Å². The van der Waals surface area contributed by atoms with E-state index in [1.165, 1.54) is 5.80 Å². The van der Waals surface area contributed by atoms with Gasteiger partial charge >= 0.3 is 11.7 Å². The van der Waals surface area contributed by atoms with Crippen LogP contribution in [-0.4, -0.2) is 34.2 Å². The summed E-state index contributed by atoms with van der Waals surface area (Å²) in [5.41, 5.74) is 5.34. The molecule has 120 valence electrons. The highest BCUT2D eigenvalue weighted by molar-refractivity contribution is 7.67. The molecule has 2 atom stereocenters. The fourth-order valence-corrected chi connectivity index (χ4v) is 2.49. The van der Waals surface area contributed by atoms with Gasteiger partial charge in [0.25, 0.3) is 0 Å². The number of hydrogen-bond acceptors (Lipinski definition) is 5. The minimum atomic E-state index is -2.27. The molecule has 0 spiro atoms. The summed E-state index contributed by atoms with van der Waals surface area (Å²) in [4.78, 5) is 34.2. The number of nitrogens with two attached hydrogens (primary N) is 1. The second-order valence-corrected chi connectivity index (χ2v) is 7.10. The van der Waals surface area contributed by atoms with Gasteiger partial charge in [-0.25, -0.2) is 0 Å². The third kappa shape index (κ3) is 6.35. The molecule has 0 radical (unpaired) electrons. The summed E-state index contributed by atoms with van der Waals surface area (Å²) in [6.07, 6.45) is 0.202. The molecule has 3 N–H and O–H groups in total. The Morgan fingerprint density at radius 2 is 1.91 bits per heavy atom. The van der Waals surface area contributed by atoms with E-state index in [1.54, 1.807) is 45.0 Å². The number of ether oxygens (including phenoxy) is 1. The van der Waals surface area contributed by atoms with Gasteiger partial charge in [-0.2, -0.15) is 4.79 Å². The van der Waals surface area contributed by atoms with E-state index in [0.717, 1.165) is 5.56 Å². The molecule has 6 nitrogen and oxygen atoms in total. The van der Waals surface area contributed by atoms with Crippen molar-refractivity contribution in [2.24, 2.45) is 5.73 Å². The first-order chi connectivity index (χ1) is 10.1. The van der Waals surface area contributed by atoms with Crippen LogP contribution in [0.1, 0.15) is 31.9 Å². The van der Waals surface area contributed by atoms with Crippen molar-refractivity contribution in [3.63, 3.8) is 0 Å². The van der Waals surface area contributed by atoms with E-state index < -0.39 is 31.1 Å². The summed E-state index contributed by atoms with van der Waals surface area (Å²) in [5.74, 6) is 0.258. The summed E-state index contributed by atoms with van der Waals surface area (Å²) in [5, 5.41) is 8.75. The molecule has 0 aliphatic rings. The van der Waals surface area contributed by atoms with Crippen LogP contribution in [0.15, 0.2) is 24.3 Å². The van der Waals surface area contributed by atoms with Crippen LogP contribution in [0.25, 0.3) is 0 Å². The Morgan fingerprint density at radius 3 is 2.36 bits per heavy atom. The van der Waals surface area contributed by atoms with E-state index in [2.05, 4.69) is 0 Å². The number of rotatable bonds is 5. The van der Waals surface area contributed by atoms with Gasteiger partial charge in [-0.3, -0.25) is 4.79 Å².